The highest BCUT2D eigenvalue weighted by Crippen LogP contribution is 2.39. The van der Waals surface area contributed by atoms with Crippen LogP contribution in [0.3, 0.4) is 0 Å². The van der Waals surface area contributed by atoms with Crippen LogP contribution in [0.1, 0.15) is 68.7 Å². The molecule has 1 aromatic carbocycles. The van der Waals surface area contributed by atoms with Crippen LogP contribution in [0.25, 0.3) is 0 Å². The molecular formula is C19H30BrN. The van der Waals surface area contributed by atoms with Gasteiger partial charge in [0.1, 0.15) is 0 Å². The van der Waals surface area contributed by atoms with E-state index in [4.69, 9.17) is 0 Å². The van der Waals surface area contributed by atoms with Crippen molar-refractivity contribution in [3.8, 4) is 0 Å². The molecule has 1 aliphatic rings. The molecular weight excluding hydrogens is 322 g/mol. The number of rotatable bonds is 5. The van der Waals surface area contributed by atoms with E-state index in [1.54, 1.807) is 0 Å². The van der Waals surface area contributed by atoms with Crippen molar-refractivity contribution in [3.63, 3.8) is 0 Å². The summed E-state index contributed by atoms with van der Waals surface area (Å²) in [5.41, 5.74) is 4.20. The quantitative estimate of drug-likeness (QED) is 0.692. The van der Waals surface area contributed by atoms with Gasteiger partial charge in [0.2, 0.25) is 0 Å². The van der Waals surface area contributed by atoms with Gasteiger partial charge in [0.05, 0.1) is 0 Å². The Bertz CT molecular complexity index is 446. The Hall–Kier alpha value is -0.340. The fourth-order valence-corrected chi connectivity index (χ4v) is 4.17. The lowest BCUT2D eigenvalue weighted by atomic mass is 9.75. The summed E-state index contributed by atoms with van der Waals surface area (Å²) in [7, 11) is 0. The van der Waals surface area contributed by atoms with Gasteiger partial charge in [-0.05, 0) is 61.8 Å². The van der Waals surface area contributed by atoms with Crippen LogP contribution >= 0.6 is 15.9 Å². The van der Waals surface area contributed by atoms with Crippen molar-refractivity contribution in [3.05, 3.63) is 33.3 Å². The minimum atomic E-state index is 0.523. The van der Waals surface area contributed by atoms with Crippen LogP contribution in [0.4, 0.5) is 0 Å². The van der Waals surface area contributed by atoms with Crippen LogP contribution in [0.15, 0.2) is 16.6 Å². The van der Waals surface area contributed by atoms with Crippen LogP contribution in [0.2, 0.25) is 0 Å². The fourth-order valence-electron chi connectivity index (χ4n) is 3.94. The lowest BCUT2D eigenvalue weighted by Crippen LogP contribution is -2.31. The number of aryl methyl sites for hydroxylation is 2. The Morgan fingerprint density at radius 3 is 2.43 bits per heavy atom. The number of halogens is 1. The number of nitrogens with one attached hydrogen (secondary N) is 1. The highest BCUT2D eigenvalue weighted by Gasteiger charge is 2.28. The normalized spacial score (nSPS) is 24.0. The monoisotopic (exact) mass is 351 g/mol. The van der Waals surface area contributed by atoms with Crippen molar-refractivity contribution >= 4 is 15.9 Å². The van der Waals surface area contributed by atoms with Gasteiger partial charge >= 0.3 is 0 Å². The first-order valence-electron chi connectivity index (χ1n) is 8.56. The molecule has 2 heteroatoms. The molecule has 0 bridgehead atoms. The maximum Gasteiger partial charge on any atom is 0.0348 e. The molecule has 1 nitrogen and oxygen atoms in total. The third-order valence-corrected chi connectivity index (χ3v) is 6.36. The second-order valence-electron chi connectivity index (χ2n) is 6.70. The minimum absolute atomic E-state index is 0.523. The zero-order chi connectivity index (χ0) is 15.4. The standard InChI is InChI=1S/C19H30BrN/c1-5-15-8-7-9-16(12-15)19(21-6-2)17-10-13(3)18(20)14(4)11-17/h10-11,15-16,19,21H,5-9,12H2,1-4H3. The predicted molar refractivity (Wildman–Crippen MR) is 95.8 cm³/mol. The van der Waals surface area contributed by atoms with E-state index in [0.717, 1.165) is 18.4 Å². The highest BCUT2D eigenvalue weighted by molar-refractivity contribution is 9.10. The van der Waals surface area contributed by atoms with Gasteiger partial charge in [0, 0.05) is 10.5 Å². The first-order valence-corrected chi connectivity index (χ1v) is 9.36. The topological polar surface area (TPSA) is 12.0 Å². The van der Waals surface area contributed by atoms with Crippen molar-refractivity contribution in [1.82, 2.24) is 5.32 Å². The molecule has 1 aliphatic carbocycles. The SMILES string of the molecule is CCNC(c1cc(C)c(Br)c(C)c1)C1CCCC(CC)C1. The van der Waals surface area contributed by atoms with Crippen molar-refractivity contribution in [2.45, 2.75) is 65.8 Å². The van der Waals surface area contributed by atoms with E-state index < -0.39 is 0 Å². The van der Waals surface area contributed by atoms with Crippen molar-refractivity contribution < 1.29 is 0 Å². The molecule has 0 spiro atoms. The largest absolute Gasteiger partial charge is 0.310 e. The molecule has 0 heterocycles. The van der Waals surface area contributed by atoms with E-state index in [-0.39, 0.29) is 0 Å². The second-order valence-corrected chi connectivity index (χ2v) is 7.50. The summed E-state index contributed by atoms with van der Waals surface area (Å²) in [4.78, 5) is 0. The first kappa shape index (κ1) is 17.0. The summed E-state index contributed by atoms with van der Waals surface area (Å²) >= 11 is 3.70. The van der Waals surface area contributed by atoms with Gasteiger partial charge in [-0.3, -0.25) is 0 Å². The van der Waals surface area contributed by atoms with Gasteiger partial charge in [0.25, 0.3) is 0 Å². The van der Waals surface area contributed by atoms with Crippen LogP contribution < -0.4 is 5.32 Å². The number of hydrogen-bond donors (Lipinski definition) is 1. The van der Waals surface area contributed by atoms with E-state index in [2.05, 4.69) is 61.1 Å². The zero-order valence-electron chi connectivity index (χ0n) is 14.0. The third-order valence-electron chi connectivity index (χ3n) is 5.11. The van der Waals surface area contributed by atoms with Crippen LogP contribution in [-0.4, -0.2) is 6.54 Å². The van der Waals surface area contributed by atoms with Crippen molar-refractivity contribution in [2.24, 2.45) is 11.8 Å². The predicted octanol–water partition coefficient (Wildman–Crippen LogP) is 5.93. The molecule has 21 heavy (non-hydrogen) atoms. The smallest absolute Gasteiger partial charge is 0.0348 e. The Morgan fingerprint density at radius 2 is 1.86 bits per heavy atom. The van der Waals surface area contributed by atoms with E-state index in [1.807, 2.05) is 0 Å². The lowest BCUT2D eigenvalue weighted by molar-refractivity contribution is 0.210. The Morgan fingerprint density at radius 1 is 1.19 bits per heavy atom. The van der Waals surface area contributed by atoms with E-state index in [1.165, 1.54) is 53.3 Å². The summed E-state index contributed by atoms with van der Waals surface area (Å²) in [5, 5.41) is 3.77. The lowest BCUT2D eigenvalue weighted by Gasteiger charge is -2.35. The second kappa shape index (κ2) is 7.78. The van der Waals surface area contributed by atoms with Crippen LogP contribution in [0, 0.1) is 25.7 Å². The Kier molecular flexibility index (Phi) is 6.31. The van der Waals surface area contributed by atoms with Crippen LogP contribution in [0.5, 0.6) is 0 Å². The first-order chi connectivity index (χ1) is 10.1. The average Bonchev–Trinajstić information content (AvgIpc) is 2.49. The molecule has 3 unspecified atom stereocenters. The molecule has 1 aromatic rings. The summed E-state index contributed by atoms with van der Waals surface area (Å²) in [6.45, 7) is 10.0. The van der Waals surface area contributed by atoms with Crippen molar-refractivity contribution in [2.75, 3.05) is 6.54 Å². The molecule has 118 valence electrons. The van der Waals surface area contributed by atoms with Crippen molar-refractivity contribution in [1.29, 1.82) is 0 Å². The summed E-state index contributed by atoms with van der Waals surface area (Å²) in [6, 6.07) is 5.27. The molecule has 0 saturated heterocycles. The van der Waals surface area contributed by atoms with Gasteiger partial charge in [-0.25, -0.2) is 0 Å². The summed E-state index contributed by atoms with van der Waals surface area (Å²) < 4.78 is 1.26. The third kappa shape index (κ3) is 4.10. The van der Waals surface area contributed by atoms with Gasteiger partial charge in [-0.15, -0.1) is 0 Å². The van der Waals surface area contributed by atoms with E-state index >= 15 is 0 Å². The summed E-state index contributed by atoms with van der Waals surface area (Å²) in [5.74, 6) is 1.73. The summed E-state index contributed by atoms with van der Waals surface area (Å²) in [6.07, 6.45) is 6.95. The zero-order valence-corrected chi connectivity index (χ0v) is 15.6. The molecule has 2 rings (SSSR count). The molecule has 0 aliphatic heterocycles. The molecule has 0 aromatic heterocycles. The minimum Gasteiger partial charge on any atom is -0.310 e. The molecule has 3 atom stereocenters. The number of hydrogen-bond acceptors (Lipinski definition) is 1. The molecule has 1 saturated carbocycles. The molecule has 1 fully saturated rings. The fraction of sp³-hybridized carbons (Fsp3) is 0.684. The molecule has 0 radical (unpaired) electrons. The maximum atomic E-state index is 3.77. The van der Waals surface area contributed by atoms with Crippen LogP contribution in [-0.2, 0) is 0 Å². The van der Waals surface area contributed by atoms with Gasteiger partial charge in [0.15, 0.2) is 0 Å². The van der Waals surface area contributed by atoms with E-state index in [0.29, 0.717) is 6.04 Å². The highest BCUT2D eigenvalue weighted by atomic mass is 79.9. The Labute approximate surface area is 139 Å². The van der Waals surface area contributed by atoms with Gasteiger partial charge < -0.3 is 5.32 Å². The molecule has 0 amide bonds. The Balaban J connectivity index is 2.26. The maximum absolute atomic E-state index is 3.77. The number of benzene rings is 1. The average molecular weight is 352 g/mol. The van der Waals surface area contributed by atoms with E-state index in [9.17, 15) is 0 Å². The van der Waals surface area contributed by atoms with Gasteiger partial charge in [-0.2, -0.15) is 0 Å². The van der Waals surface area contributed by atoms with Gasteiger partial charge in [-0.1, -0.05) is 61.2 Å². The molecule has 1 N–H and O–H groups in total.